The number of carbonyl (C=O) groups is 1. The Hall–Kier alpha value is -1.95. The molecule has 0 saturated carbocycles. The van der Waals surface area contributed by atoms with E-state index in [1.54, 1.807) is 0 Å². The second-order valence-electron chi connectivity index (χ2n) is 8.80. The maximum absolute atomic E-state index is 13.0. The predicted octanol–water partition coefficient (Wildman–Crippen LogP) is 0.636. The standard InChI is InChI=1S/C21H27N3O4S/c22-9-17-3-1-2-4-18(17)10-23-11-19-12-24(14-21(19,13-23)15-25)20(26)16-5-7-29(27,28)8-6-16/h1-4,16,19,25H,5-8,10-15H2/t19-,21+/m0/s1. The van der Waals surface area contributed by atoms with E-state index in [4.69, 9.17) is 0 Å². The first-order valence-corrected chi connectivity index (χ1v) is 12.0. The van der Waals surface area contributed by atoms with Gasteiger partial charge in [-0.1, -0.05) is 18.2 Å². The first kappa shape index (κ1) is 20.3. The molecule has 0 aromatic heterocycles. The van der Waals surface area contributed by atoms with Crippen LogP contribution in [-0.2, 0) is 21.2 Å². The molecule has 1 N–H and O–H groups in total. The summed E-state index contributed by atoms with van der Waals surface area (Å²) in [7, 11) is -2.99. The van der Waals surface area contributed by atoms with Crippen molar-refractivity contribution in [2.75, 3.05) is 44.3 Å². The Balaban J connectivity index is 1.41. The Bertz CT molecular complexity index is 927. The summed E-state index contributed by atoms with van der Waals surface area (Å²) >= 11 is 0. The molecule has 4 rings (SSSR count). The van der Waals surface area contributed by atoms with Crippen molar-refractivity contribution in [2.24, 2.45) is 17.3 Å². The lowest BCUT2D eigenvalue weighted by atomic mass is 9.82. The van der Waals surface area contributed by atoms with Gasteiger partial charge in [-0.05, 0) is 30.4 Å². The quantitative estimate of drug-likeness (QED) is 0.771. The molecule has 8 heteroatoms. The predicted molar refractivity (Wildman–Crippen MR) is 107 cm³/mol. The SMILES string of the molecule is N#Cc1ccccc1CN1C[C@H]2CN(C(=O)C3CCS(=O)(=O)CC3)C[C@@]2(CO)C1. The van der Waals surface area contributed by atoms with Gasteiger partial charge in [0.05, 0.1) is 29.7 Å². The highest BCUT2D eigenvalue weighted by Gasteiger charge is 2.53. The van der Waals surface area contributed by atoms with Crippen molar-refractivity contribution < 1.29 is 18.3 Å². The zero-order valence-electron chi connectivity index (χ0n) is 16.5. The van der Waals surface area contributed by atoms with Crippen LogP contribution in [0, 0.1) is 28.6 Å². The van der Waals surface area contributed by atoms with Crippen LogP contribution in [-0.4, -0.2) is 73.5 Å². The van der Waals surface area contributed by atoms with E-state index in [-0.39, 0.29) is 41.3 Å². The van der Waals surface area contributed by atoms with Gasteiger partial charge in [-0.15, -0.1) is 0 Å². The maximum Gasteiger partial charge on any atom is 0.225 e. The van der Waals surface area contributed by atoms with Crippen LogP contribution in [0.1, 0.15) is 24.0 Å². The number of rotatable bonds is 4. The summed E-state index contributed by atoms with van der Waals surface area (Å²) in [6, 6.07) is 9.80. The van der Waals surface area contributed by atoms with Gasteiger partial charge < -0.3 is 10.0 Å². The van der Waals surface area contributed by atoms with Crippen LogP contribution in [0.15, 0.2) is 24.3 Å². The number of aliphatic hydroxyl groups is 1. The second kappa shape index (κ2) is 7.71. The fraction of sp³-hybridized carbons (Fsp3) is 0.619. The van der Waals surface area contributed by atoms with Gasteiger partial charge in [-0.25, -0.2) is 8.42 Å². The van der Waals surface area contributed by atoms with E-state index in [0.29, 0.717) is 44.6 Å². The highest BCUT2D eigenvalue weighted by Crippen LogP contribution is 2.43. The molecule has 1 aromatic rings. The van der Waals surface area contributed by atoms with Gasteiger partial charge in [-0.2, -0.15) is 5.26 Å². The summed E-state index contributed by atoms with van der Waals surface area (Å²) in [6.07, 6.45) is 0.817. The Labute approximate surface area is 171 Å². The Kier molecular flexibility index (Phi) is 5.40. The molecule has 3 heterocycles. The third-order valence-electron chi connectivity index (χ3n) is 6.89. The number of aliphatic hydroxyl groups excluding tert-OH is 1. The van der Waals surface area contributed by atoms with E-state index in [1.165, 1.54) is 0 Å². The normalized spacial score (nSPS) is 29.5. The van der Waals surface area contributed by atoms with Crippen LogP contribution in [0.4, 0.5) is 0 Å². The van der Waals surface area contributed by atoms with E-state index >= 15 is 0 Å². The van der Waals surface area contributed by atoms with Gasteiger partial charge in [0.25, 0.3) is 0 Å². The summed E-state index contributed by atoms with van der Waals surface area (Å²) in [5, 5.41) is 19.5. The van der Waals surface area contributed by atoms with E-state index in [1.807, 2.05) is 29.2 Å². The fourth-order valence-corrected chi connectivity index (χ4v) is 6.70. The molecule has 0 spiro atoms. The van der Waals surface area contributed by atoms with Crippen molar-refractivity contribution in [1.82, 2.24) is 9.80 Å². The molecule has 0 bridgehead atoms. The zero-order chi connectivity index (χ0) is 20.6. The van der Waals surface area contributed by atoms with Gasteiger partial charge in [0.2, 0.25) is 5.91 Å². The lowest BCUT2D eigenvalue weighted by Crippen LogP contribution is -2.42. The van der Waals surface area contributed by atoms with Crippen LogP contribution >= 0.6 is 0 Å². The molecule has 3 aliphatic heterocycles. The van der Waals surface area contributed by atoms with Crippen molar-refractivity contribution in [2.45, 2.75) is 19.4 Å². The number of fused-ring (bicyclic) bond motifs is 1. The number of benzene rings is 1. The number of likely N-dealkylation sites (tertiary alicyclic amines) is 2. The lowest BCUT2D eigenvalue weighted by molar-refractivity contribution is -0.135. The number of hydrogen-bond acceptors (Lipinski definition) is 6. The molecule has 2 atom stereocenters. The number of nitrogens with zero attached hydrogens (tertiary/aromatic N) is 3. The Morgan fingerprint density at radius 1 is 1.21 bits per heavy atom. The molecule has 0 unspecified atom stereocenters. The molecule has 1 aromatic carbocycles. The third kappa shape index (κ3) is 3.91. The first-order chi connectivity index (χ1) is 13.9. The number of amides is 1. The van der Waals surface area contributed by atoms with E-state index < -0.39 is 9.84 Å². The Morgan fingerprint density at radius 2 is 1.93 bits per heavy atom. The van der Waals surface area contributed by atoms with Gasteiger partial charge in [-0.3, -0.25) is 9.69 Å². The van der Waals surface area contributed by atoms with Gasteiger partial charge in [0.1, 0.15) is 9.84 Å². The van der Waals surface area contributed by atoms with Crippen molar-refractivity contribution in [3.05, 3.63) is 35.4 Å². The van der Waals surface area contributed by atoms with E-state index in [2.05, 4.69) is 11.0 Å². The zero-order valence-corrected chi connectivity index (χ0v) is 17.3. The van der Waals surface area contributed by atoms with E-state index in [0.717, 1.165) is 12.1 Å². The van der Waals surface area contributed by atoms with Crippen LogP contribution < -0.4 is 0 Å². The minimum atomic E-state index is -2.99. The number of carbonyl (C=O) groups excluding carboxylic acids is 1. The van der Waals surface area contributed by atoms with Crippen molar-refractivity contribution in [3.63, 3.8) is 0 Å². The van der Waals surface area contributed by atoms with Crippen LogP contribution in [0.2, 0.25) is 0 Å². The highest BCUT2D eigenvalue weighted by atomic mass is 32.2. The number of nitriles is 1. The largest absolute Gasteiger partial charge is 0.396 e. The topological polar surface area (TPSA) is 102 Å². The summed E-state index contributed by atoms with van der Waals surface area (Å²) in [5.74, 6) is 0.212. The molecule has 156 valence electrons. The smallest absolute Gasteiger partial charge is 0.225 e. The summed E-state index contributed by atoms with van der Waals surface area (Å²) < 4.78 is 23.3. The van der Waals surface area contributed by atoms with Crippen molar-refractivity contribution in [1.29, 1.82) is 5.26 Å². The second-order valence-corrected chi connectivity index (χ2v) is 11.1. The summed E-state index contributed by atoms with van der Waals surface area (Å²) in [6.45, 7) is 3.29. The molecule has 3 saturated heterocycles. The van der Waals surface area contributed by atoms with Crippen molar-refractivity contribution >= 4 is 15.7 Å². The third-order valence-corrected chi connectivity index (χ3v) is 8.61. The molecule has 3 fully saturated rings. The molecule has 0 radical (unpaired) electrons. The summed E-state index contributed by atoms with van der Waals surface area (Å²) in [4.78, 5) is 17.1. The number of sulfone groups is 1. The molecule has 7 nitrogen and oxygen atoms in total. The highest BCUT2D eigenvalue weighted by molar-refractivity contribution is 7.91. The molecular weight excluding hydrogens is 390 g/mol. The van der Waals surface area contributed by atoms with Gasteiger partial charge in [0.15, 0.2) is 0 Å². The average Bonchev–Trinajstić information content (AvgIpc) is 3.22. The fourth-order valence-electron chi connectivity index (χ4n) is 5.21. The lowest BCUT2D eigenvalue weighted by Gasteiger charge is -2.30. The van der Waals surface area contributed by atoms with Crippen molar-refractivity contribution in [3.8, 4) is 6.07 Å². The molecule has 3 aliphatic rings. The van der Waals surface area contributed by atoms with Crippen LogP contribution in [0.25, 0.3) is 0 Å². The summed E-state index contributed by atoms with van der Waals surface area (Å²) in [5.41, 5.74) is 1.32. The molecule has 1 amide bonds. The molecule has 0 aliphatic carbocycles. The van der Waals surface area contributed by atoms with Crippen LogP contribution in [0.5, 0.6) is 0 Å². The maximum atomic E-state index is 13.0. The van der Waals surface area contributed by atoms with E-state index in [9.17, 15) is 23.6 Å². The molecule has 29 heavy (non-hydrogen) atoms. The van der Waals surface area contributed by atoms with Gasteiger partial charge >= 0.3 is 0 Å². The minimum absolute atomic E-state index is 0.0247. The average molecular weight is 418 g/mol. The molecular formula is C21H27N3O4S. The number of hydrogen-bond donors (Lipinski definition) is 1. The van der Waals surface area contributed by atoms with Crippen LogP contribution in [0.3, 0.4) is 0 Å². The minimum Gasteiger partial charge on any atom is -0.396 e. The van der Waals surface area contributed by atoms with Gasteiger partial charge in [0, 0.05) is 44.1 Å². The first-order valence-electron chi connectivity index (χ1n) is 10.2. The Morgan fingerprint density at radius 3 is 2.59 bits per heavy atom. The monoisotopic (exact) mass is 417 g/mol.